The van der Waals surface area contributed by atoms with Crippen molar-refractivity contribution >= 4 is 12.0 Å². The maximum Gasteiger partial charge on any atom is 0.408 e. The van der Waals surface area contributed by atoms with E-state index in [1.165, 1.54) is 5.56 Å². The molecule has 1 fully saturated rings. The largest absolute Gasteiger partial charge is 0.444 e. The molecule has 25 heavy (non-hydrogen) atoms. The topological polar surface area (TPSA) is 61.9 Å². The lowest BCUT2D eigenvalue weighted by Crippen LogP contribution is -2.51. The molecule has 0 aromatic heterocycles. The van der Waals surface area contributed by atoms with Crippen LogP contribution in [0.4, 0.5) is 4.79 Å². The average molecular weight is 347 g/mol. The molecule has 138 valence electrons. The minimum absolute atomic E-state index is 0.0150. The zero-order chi connectivity index (χ0) is 18.3. The quantitative estimate of drug-likeness (QED) is 0.884. The lowest BCUT2D eigenvalue weighted by Gasteiger charge is -2.34. The van der Waals surface area contributed by atoms with Gasteiger partial charge in [-0.1, -0.05) is 30.3 Å². The Balaban J connectivity index is 1.65. The summed E-state index contributed by atoms with van der Waals surface area (Å²) in [5, 5.41) is 2.53. The number of ether oxygens (including phenoxy) is 1. The standard InChI is InChI=1S/C19H29N3O3/c1-19(2,3)25-18(24)20-15-17(23)22-13-11-21(12-14-22)10-9-16-7-5-4-6-8-16/h4-8H,9-15H2,1-3H3,(H,20,24). The number of carbonyl (C=O) groups excluding carboxylic acids is 2. The molecule has 6 nitrogen and oxygen atoms in total. The fraction of sp³-hybridized carbons (Fsp3) is 0.579. The Hall–Kier alpha value is -2.08. The van der Waals surface area contributed by atoms with Crippen molar-refractivity contribution in [1.82, 2.24) is 15.1 Å². The van der Waals surface area contributed by atoms with E-state index in [2.05, 4.69) is 34.5 Å². The van der Waals surface area contributed by atoms with Crippen LogP contribution in [-0.2, 0) is 16.0 Å². The van der Waals surface area contributed by atoms with Crippen LogP contribution in [0.5, 0.6) is 0 Å². The Labute approximate surface area is 150 Å². The van der Waals surface area contributed by atoms with Gasteiger partial charge >= 0.3 is 6.09 Å². The fourth-order valence-corrected chi connectivity index (χ4v) is 2.73. The summed E-state index contributed by atoms with van der Waals surface area (Å²) in [6.45, 7) is 9.50. The molecule has 2 rings (SSSR count). The van der Waals surface area contributed by atoms with Crippen LogP contribution in [0.1, 0.15) is 26.3 Å². The van der Waals surface area contributed by atoms with Crippen LogP contribution in [-0.4, -0.2) is 66.7 Å². The number of carbonyl (C=O) groups is 2. The molecule has 1 heterocycles. The molecule has 1 saturated heterocycles. The molecule has 1 aromatic carbocycles. The minimum atomic E-state index is -0.558. The monoisotopic (exact) mass is 347 g/mol. The van der Waals surface area contributed by atoms with E-state index in [1.54, 1.807) is 25.7 Å². The van der Waals surface area contributed by atoms with Gasteiger partial charge in [0.25, 0.3) is 0 Å². The predicted octanol–water partition coefficient (Wildman–Crippen LogP) is 1.90. The second kappa shape index (κ2) is 8.85. The lowest BCUT2D eigenvalue weighted by molar-refractivity contribution is -0.132. The molecule has 0 unspecified atom stereocenters. The van der Waals surface area contributed by atoms with Crippen molar-refractivity contribution in [2.24, 2.45) is 0 Å². The highest BCUT2D eigenvalue weighted by atomic mass is 16.6. The smallest absolute Gasteiger partial charge is 0.408 e. The number of piperazine rings is 1. The number of alkyl carbamates (subject to hydrolysis) is 1. The average Bonchev–Trinajstić information content (AvgIpc) is 2.58. The second-order valence-corrected chi connectivity index (χ2v) is 7.31. The Kier molecular flexibility index (Phi) is 6.82. The van der Waals surface area contributed by atoms with Crippen molar-refractivity contribution in [3.8, 4) is 0 Å². The summed E-state index contributed by atoms with van der Waals surface area (Å²) < 4.78 is 5.14. The first-order chi connectivity index (χ1) is 11.8. The Bertz CT molecular complexity index is 561. The van der Waals surface area contributed by atoms with E-state index >= 15 is 0 Å². The van der Waals surface area contributed by atoms with Gasteiger partial charge in [0.1, 0.15) is 12.1 Å². The highest BCUT2D eigenvalue weighted by Crippen LogP contribution is 2.07. The number of nitrogens with zero attached hydrogens (tertiary/aromatic N) is 2. The van der Waals surface area contributed by atoms with Gasteiger partial charge in [0.2, 0.25) is 5.91 Å². The molecule has 0 atom stereocenters. The van der Waals surface area contributed by atoms with Gasteiger partial charge in [-0.3, -0.25) is 9.69 Å². The minimum Gasteiger partial charge on any atom is -0.444 e. The molecule has 1 N–H and O–H groups in total. The zero-order valence-electron chi connectivity index (χ0n) is 15.5. The Morgan fingerprint density at radius 1 is 1.08 bits per heavy atom. The van der Waals surface area contributed by atoms with E-state index < -0.39 is 11.7 Å². The van der Waals surface area contributed by atoms with Crippen LogP contribution in [0, 0.1) is 0 Å². The summed E-state index contributed by atoms with van der Waals surface area (Å²) in [7, 11) is 0. The van der Waals surface area contributed by atoms with E-state index in [0.29, 0.717) is 13.1 Å². The van der Waals surface area contributed by atoms with Crippen LogP contribution in [0.3, 0.4) is 0 Å². The number of rotatable bonds is 5. The van der Waals surface area contributed by atoms with Gasteiger partial charge in [0.15, 0.2) is 0 Å². The summed E-state index contributed by atoms with van der Waals surface area (Å²) in [5.74, 6) is -0.0615. The summed E-state index contributed by atoms with van der Waals surface area (Å²) in [5.41, 5.74) is 0.778. The Morgan fingerprint density at radius 2 is 1.72 bits per heavy atom. The van der Waals surface area contributed by atoms with Crippen molar-refractivity contribution in [2.75, 3.05) is 39.3 Å². The highest BCUT2D eigenvalue weighted by molar-refractivity contribution is 5.82. The molecule has 6 heteroatoms. The van der Waals surface area contributed by atoms with Gasteiger partial charge in [-0.25, -0.2) is 4.79 Å². The van der Waals surface area contributed by atoms with E-state index in [9.17, 15) is 9.59 Å². The predicted molar refractivity (Wildman–Crippen MR) is 97.4 cm³/mol. The van der Waals surface area contributed by atoms with Crippen molar-refractivity contribution in [3.63, 3.8) is 0 Å². The maximum absolute atomic E-state index is 12.2. The normalized spacial score (nSPS) is 15.7. The number of amides is 2. The van der Waals surface area contributed by atoms with Gasteiger partial charge in [-0.2, -0.15) is 0 Å². The first-order valence-corrected chi connectivity index (χ1v) is 8.84. The summed E-state index contributed by atoms with van der Waals surface area (Å²) in [6.07, 6.45) is 0.469. The lowest BCUT2D eigenvalue weighted by atomic mass is 10.1. The van der Waals surface area contributed by atoms with Crippen LogP contribution >= 0.6 is 0 Å². The van der Waals surface area contributed by atoms with Gasteiger partial charge in [0.05, 0.1) is 0 Å². The first kappa shape index (κ1) is 19.2. The number of benzene rings is 1. The Morgan fingerprint density at radius 3 is 2.32 bits per heavy atom. The second-order valence-electron chi connectivity index (χ2n) is 7.31. The third-order valence-corrected chi connectivity index (χ3v) is 4.07. The third-order valence-electron chi connectivity index (χ3n) is 4.07. The zero-order valence-corrected chi connectivity index (χ0v) is 15.5. The van der Waals surface area contributed by atoms with Crippen molar-refractivity contribution in [1.29, 1.82) is 0 Å². The van der Waals surface area contributed by atoms with E-state index in [4.69, 9.17) is 4.74 Å². The molecule has 1 aliphatic heterocycles. The summed E-state index contributed by atoms with van der Waals surface area (Å²) in [4.78, 5) is 28.0. The molecule has 0 aliphatic carbocycles. The number of hydrogen-bond acceptors (Lipinski definition) is 4. The van der Waals surface area contributed by atoms with Crippen LogP contribution < -0.4 is 5.32 Å². The molecule has 1 aromatic rings. The van der Waals surface area contributed by atoms with Crippen LogP contribution in [0.25, 0.3) is 0 Å². The van der Waals surface area contributed by atoms with E-state index in [1.807, 2.05) is 6.07 Å². The van der Waals surface area contributed by atoms with Gasteiger partial charge in [0, 0.05) is 32.7 Å². The third kappa shape index (κ3) is 7.13. The molecule has 1 aliphatic rings. The molecular formula is C19H29N3O3. The molecular weight excluding hydrogens is 318 g/mol. The SMILES string of the molecule is CC(C)(C)OC(=O)NCC(=O)N1CCN(CCc2ccccc2)CC1. The maximum atomic E-state index is 12.2. The van der Waals surface area contributed by atoms with Gasteiger partial charge < -0.3 is 15.0 Å². The van der Waals surface area contributed by atoms with Crippen molar-refractivity contribution < 1.29 is 14.3 Å². The van der Waals surface area contributed by atoms with Gasteiger partial charge in [-0.15, -0.1) is 0 Å². The molecule has 0 spiro atoms. The van der Waals surface area contributed by atoms with Crippen LogP contribution in [0.2, 0.25) is 0 Å². The number of nitrogens with one attached hydrogen (secondary N) is 1. The molecule has 0 radical (unpaired) electrons. The fourth-order valence-electron chi connectivity index (χ4n) is 2.73. The molecule has 0 bridgehead atoms. The number of hydrogen-bond donors (Lipinski definition) is 1. The van der Waals surface area contributed by atoms with Crippen molar-refractivity contribution in [3.05, 3.63) is 35.9 Å². The molecule has 0 saturated carbocycles. The van der Waals surface area contributed by atoms with E-state index in [-0.39, 0.29) is 12.5 Å². The van der Waals surface area contributed by atoms with Crippen LogP contribution in [0.15, 0.2) is 30.3 Å². The summed E-state index contributed by atoms with van der Waals surface area (Å²) in [6, 6.07) is 10.4. The molecule has 2 amide bonds. The van der Waals surface area contributed by atoms with Gasteiger partial charge in [-0.05, 0) is 32.8 Å². The summed E-state index contributed by atoms with van der Waals surface area (Å²) >= 11 is 0. The highest BCUT2D eigenvalue weighted by Gasteiger charge is 2.22. The van der Waals surface area contributed by atoms with E-state index in [0.717, 1.165) is 26.1 Å². The first-order valence-electron chi connectivity index (χ1n) is 8.84. The van der Waals surface area contributed by atoms with Crippen molar-refractivity contribution in [2.45, 2.75) is 32.8 Å².